The standard InChI is InChI=1S/C18H17ClN4O/c19-14-3-1-13(2-4-14)17-16(12-5-7-20-8-6-12)18(23-22-17)15-11-21-9-10-24-15/h1-8,15,21H,9-11H2,(H,22,23). The molecule has 1 fully saturated rings. The smallest absolute Gasteiger partial charge is 0.112 e. The van der Waals surface area contributed by atoms with E-state index in [0.29, 0.717) is 11.6 Å². The Morgan fingerprint density at radius 2 is 1.83 bits per heavy atom. The van der Waals surface area contributed by atoms with Gasteiger partial charge in [-0.15, -0.1) is 0 Å². The predicted octanol–water partition coefficient (Wildman–Crippen LogP) is 3.45. The van der Waals surface area contributed by atoms with Crippen LogP contribution >= 0.6 is 11.6 Å². The Balaban J connectivity index is 1.84. The zero-order chi connectivity index (χ0) is 16.4. The molecule has 1 unspecified atom stereocenters. The average molecular weight is 341 g/mol. The fourth-order valence-electron chi connectivity index (χ4n) is 2.97. The van der Waals surface area contributed by atoms with Gasteiger partial charge < -0.3 is 10.1 Å². The third-order valence-electron chi connectivity index (χ3n) is 4.13. The van der Waals surface area contributed by atoms with Crippen LogP contribution in [0.2, 0.25) is 5.02 Å². The van der Waals surface area contributed by atoms with Gasteiger partial charge in [-0.3, -0.25) is 10.1 Å². The summed E-state index contributed by atoms with van der Waals surface area (Å²) in [5.41, 5.74) is 5.00. The molecule has 0 saturated carbocycles. The van der Waals surface area contributed by atoms with Crippen molar-refractivity contribution in [1.82, 2.24) is 20.5 Å². The molecular formula is C18H17ClN4O. The monoisotopic (exact) mass is 340 g/mol. The first-order chi connectivity index (χ1) is 11.8. The van der Waals surface area contributed by atoms with Crippen molar-refractivity contribution in [2.45, 2.75) is 6.10 Å². The van der Waals surface area contributed by atoms with Crippen LogP contribution in [0.3, 0.4) is 0 Å². The number of morpholine rings is 1. The first kappa shape index (κ1) is 15.3. The van der Waals surface area contributed by atoms with E-state index in [4.69, 9.17) is 16.3 Å². The number of hydrogen-bond acceptors (Lipinski definition) is 4. The Labute approximate surface area is 145 Å². The molecule has 6 heteroatoms. The molecule has 4 rings (SSSR count). The highest BCUT2D eigenvalue weighted by Gasteiger charge is 2.25. The van der Waals surface area contributed by atoms with Crippen LogP contribution in [0.15, 0.2) is 48.8 Å². The summed E-state index contributed by atoms with van der Waals surface area (Å²) in [5, 5.41) is 11.8. The van der Waals surface area contributed by atoms with Crippen LogP contribution in [0.1, 0.15) is 11.8 Å². The average Bonchev–Trinajstić information content (AvgIpc) is 3.09. The Hall–Kier alpha value is -2.21. The lowest BCUT2D eigenvalue weighted by Crippen LogP contribution is -2.33. The summed E-state index contributed by atoms with van der Waals surface area (Å²) >= 11 is 6.02. The van der Waals surface area contributed by atoms with Gasteiger partial charge in [0.2, 0.25) is 0 Å². The largest absolute Gasteiger partial charge is 0.369 e. The maximum absolute atomic E-state index is 6.02. The van der Waals surface area contributed by atoms with Crippen LogP contribution in [0.25, 0.3) is 22.4 Å². The predicted molar refractivity (Wildman–Crippen MR) is 93.8 cm³/mol. The summed E-state index contributed by atoms with van der Waals surface area (Å²) < 4.78 is 5.92. The summed E-state index contributed by atoms with van der Waals surface area (Å²) in [6.45, 7) is 2.33. The molecule has 1 atom stereocenters. The molecule has 3 heterocycles. The number of nitrogens with zero attached hydrogens (tertiary/aromatic N) is 2. The van der Waals surface area contributed by atoms with Crippen LogP contribution in [0, 0.1) is 0 Å². The lowest BCUT2D eigenvalue weighted by molar-refractivity contribution is 0.0253. The fourth-order valence-corrected chi connectivity index (χ4v) is 3.09. The van der Waals surface area contributed by atoms with Gasteiger partial charge in [-0.2, -0.15) is 5.10 Å². The number of ether oxygens (including phenoxy) is 1. The summed E-state index contributed by atoms with van der Waals surface area (Å²) in [5.74, 6) is 0. The molecule has 1 saturated heterocycles. The van der Waals surface area contributed by atoms with Crippen molar-refractivity contribution in [3.63, 3.8) is 0 Å². The van der Waals surface area contributed by atoms with Crippen molar-refractivity contribution in [1.29, 1.82) is 0 Å². The van der Waals surface area contributed by atoms with E-state index in [1.165, 1.54) is 0 Å². The topological polar surface area (TPSA) is 62.8 Å². The molecule has 2 N–H and O–H groups in total. The van der Waals surface area contributed by atoms with Gasteiger partial charge in [0.25, 0.3) is 0 Å². The molecule has 0 bridgehead atoms. The van der Waals surface area contributed by atoms with E-state index in [0.717, 1.165) is 41.2 Å². The Morgan fingerprint density at radius 3 is 2.54 bits per heavy atom. The SMILES string of the molecule is Clc1ccc(-c2n[nH]c(C3CNCCO3)c2-c2ccncc2)cc1. The van der Waals surface area contributed by atoms with Crippen LogP contribution in [-0.2, 0) is 4.74 Å². The van der Waals surface area contributed by atoms with Gasteiger partial charge in [0.15, 0.2) is 0 Å². The molecule has 2 aromatic heterocycles. The van der Waals surface area contributed by atoms with Crippen molar-refractivity contribution >= 4 is 11.6 Å². The van der Waals surface area contributed by atoms with Gasteiger partial charge in [-0.1, -0.05) is 23.7 Å². The Morgan fingerprint density at radius 1 is 1.04 bits per heavy atom. The maximum Gasteiger partial charge on any atom is 0.112 e. The van der Waals surface area contributed by atoms with E-state index in [2.05, 4.69) is 20.5 Å². The van der Waals surface area contributed by atoms with E-state index < -0.39 is 0 Å². The second-order valence-electron chi connectivity index (χ2n) is 5.67. The van der Waals surface area contributed by atoms with Crippen LogP contribution in [0.5, 0.6) is 0 Å². The van der Waals surface area contributed by atoms with Crippen molar-refractivity contribution < 1.29 is 4.74 Å². The fraction of sp³-hybridized carbons (Fsp3) is 0.222. The summed E-state index contributed by atoms with van der Waals surface area (Å²) in [6.07, 6.45) is 3.53. The minimum atomic E-state index is -0.0459. The highest BCUT2D eigenvalue weighted by molar-refractivity contribution is 6.30. The van der Waals surface area contributed by atoms with Crippen LogP contribution < -0.4 is 5.32 Å². The lowest BCUT2D eigenvalue weighted by Gasteiger charge is -2.23. The molecule has 0 amide bonds. The minimum absolute atomic E-state index is 0.0459. The first-order valence-electron chi connectivity index (χ1n) is 7.90. The second-order valence-corrected chi connectivity index (χ2v) is 6.10. The normalized spacial score (nSPS) is 17.8. The van der Waals surface area contributed by atoms with Gasteiger partial charge in [-0.05, 0) is 29.8 Å². The van der Waals surface area contributed by atoms with Crippen molar-refractivity contribution in [3.8, 4) is 22.4 Å². The van der Waals surface area contributed by atoms with Crippen molar-refractivity contribution in [2.75, 3.05) is 19.7 Å². The van der Waals surface area contributed by atoms with Gasteiger partial charge in [0.1, 0.15) is 11.8 Å². The molecule has 24 heavy (non-hydrogen) atoms. The quantitative estimate of drug-likeness (QED) is 0.766. The number of aromatic amines is 1. The van der Waals surface area contributed by atoms with E-state index in [-0.39, 0.29) is 6.10 Å². The zero-order valence-corrected chi connectivity index (χ0v) is 13.8. The number of nitrogens with one attached hydrogen (secondary N) is 2. The van der Waals surface area contributed by atoms with Crippen molar-refractivity contribution in [3.05, 3.63) is 59.5 Å². The number of halogens is 1. The highest BCUT2D eigenvalue weighted by atomic mass is 35.5. The molecule has 1 aromatic carbocycles. The van der Waals surface area contributed by atoms with Crippen molar-refractivity contribution in [2.24, 2.45) is 0 Å². The summed E-state index contributed by atoms with van der Waals surface area (Å²) in [6, 6.07) is 11.7. The van der Waals surface area contributed by atoms with Crippen LogP contribution in [-0.4, -0.2) is 34.9 Å². The molecule has 1 aliphatic heterocycles. The maximum atomic E-state index is 6.02. The Bertz CT molecular complexity index is 811. The van der Waals surface area contributed by atoms with E-state index >= 15 is 0 Å². The number of pyridine rings is 1. The number of H-pyrrole nitrogens is 1. The van der Waals surface area contributed by atoms with Crippen LogP contribution in [0.4, 0.5) is 0 Å². The van der Waals surface area contributed by atoms with E-state index in [1.54, 1.807) is 12.4 Å². The van der Waals surface area contributed by atoms with Gasteiger partial charge in [0, 0.05) is 41.6 Å². The lowest BCUT2D eigenvalue weighted by atomic mass is 9.97. The first-order valence-corrected chi connectivity index (χ1v) is 8.27. The molecular weight excluding hydrogens is 324 g/mol. The summed E-state index contributed by atoms with van der Waals surface area (Å²) in [7, 11) is 0. The third-order valence-corrected chi connectivity index (χ3v) is 4.38. The molecule has 5 nitrogen and oxygen atoms in total. The zero-order valence-electron chi connectivity index (χ0n) is 13.0. The van der Waals surface area contributed by atoms with E-state index in [1.807, 2.05) is 36.4 Å². The molecule has 0 aliphatic carbocycles. The molecule has 3 aromatic rings. The molecule has 122 valence electrons. The minimum Gasteiger partial charge on any atom is -0.369 e. The van der Waals surface area contributed by atoms with Gasteiger partial charge in [0.05, 0.1) is 12.3 Å². The number of hydrogen-bond donors (Lipinski definition) is 2. The highest BCUT2D eigenvalue weighted by Crippen LogP contribution is 2.37. The molecule has 1 aliphatic rings. The third kappa shape index (κ3) is 2.94. The number of rotatable bonds is 3. The van der Waals surface area contributed by atoms with E-state index in [9.17, 15) is 0 Å². The molecule has 0 spiro atoms. The second kappa shape index (κ2) is 6.73. The molecule has 0 radical (unpaired) electrons. The van der Waals surface area contributed by atoms with Gasteiger partial charge >= 0.3 is 0 Å². The van der Waals surface area contributed by atoms with Gasteiger partial charge in [-0.25, -0.2) is 0 Å². The number of aromatic nitrogens is 3. The number of benzene rings is 1. The summed E-state index contributed by atoms with van der Waals surface area (Å²) in [4.78, 5) is 4.12. The Kier molecular flexibility index (Phi) is 4.30.